The maximum Gasteiger partial charge on any atom is 0.242 e. The predicted octanol–water partition coefficient (Wildman–Crippen LogP) is 4.14. The molecule has 1 heterocycles. The molecule has 1 fully saturated rings. The normalized spacial score (nSPS) is 17.9. The number of rotatable bonds is 4. The van der Waals surface area contributed by atoms with Crippen LogP contribution >= 0.6 is 23.2 Å². The molecule has 1 aromatic rings. The molecule has 1 aliphatic rings. The predicted molar refractivity (Wildman–Crippen MR) is 94.1 cm³/mol. The summed E-state index contributed by atoms with van der Waals surface area (Å²) >= 11 is 12.0. The van der Waals surface area contributed by atoms with Crippen molar-refractivity contribution in [3.8, 4) is 0 Å². The van der Waals surface area contributed by atoms with Crippen LogP contribution in [0.3, 0.4) is 0 Å². The monoisotopic (exact) mass is 356 g/mol. The van der Waals surface area contributed by atoms with Crippen molar-refractivity contribution in [1.29, 1.82) is 0 Å². The van der Waals surface area contributed by atoms with Crippen LogP contribution < -0.4 is 4.90 Å². The van der Waals surface area contributed by atoms with Crippen molar-refractivity contribution in [1.82, 2.24) is 4.90 Å². The van der Waals surface area contributed by atoms with Crippen molar-refractivity contribution in [3.05, 3.63) is 28.2 Å². The van der Waals surface area contributed by atoms with Crippen LogP contribution in [0.2, 0.25) is 10.0 Å². The molecule has 2 amide bonds. The first-order valence-corrected chi connectivity index (χ1v) is 8.71. The standard InChI is InChI=1S/C17H22Cl2N2O2/c1-3-15-6-4-5-7-20(15)17(23)11-21(12(2)22)16-9-13(18)8-14(19)10-16/h8-10,15H,3-7,11H2,1-2H3. The van der Waals surface area contributed by atoms with Gasteiger partial charge in [0, 0.05) is 35.2 Å². The van der Waals surface area contributed by atoms with Crippen LogP contribution in [0.15, 0.2) is 18.2 Å². The number of halogens is 2. The molecule has 4 nitrogen and oxygen atoms in total. The molecule has 1 atom stereocenters. The highest BCUT2D eigenvalue weighted by atomic mass is 35.5. The van der Waals surface area contributed by atoms with Crippen LogP contribution in [0.25, 0.3) is 0 Å². The fourth-order valence-electron chi connectivity index (χ4n) is 3.06. The molecule has 0 aromatic heterocycles. The van der Waals surface area contributed by atoms with E-state index in [0.29, 0.717) is 15.7 Å². The molecular formula is C17H22Cl2N2O2. The quantitative estimate of drug-likeness (QED) is 0.813. The van der Waals surface area contributed by atoms with E-state index in [1.165, 1.54) is 11.8 Å². The number of likely N-dealkylation sites (tertiary alicyclic amines) is 1. The molecule has 1 aromatic carbocycles. The van der Waals surface area contributed by atoms with Crippen LogP contribution in [-0.4, -0.2) is 35.8 Å². The molecule has 0 spiro atoms. The van der Waals surface area contributed by atoms with E-state index in [1.807, 2.05) is 4.90 Å². The van der Waals surface area contributed by atoms with E-state index in [0.717, 1.165) is 32.2 Å². The van der Waals surface area contributed by atoms with Gasteiger partial charge in [0.05, 0.1) is 0 Å². The molecule has 0 bridgehead atoms. The third-order valence-electron chi connectivity index (χ3n) is 4.25. The maximum absolute atomic E-state index is 12.7. The van der Waals surface area contributed by atoms with E-state index >= 15 is 0 Å². The number of benzene rings is 1. The first-order valence-electron chi connectivity index (χ1n) is 7.96. The van der Waals surface area contributed by atoms with Crippen LogP contribution in [0.4, 0.5) is 5.69 Å². The number of amides is 2. The molecular weight excluding hydrogens is 335 g/mol. The third kappa shape index (κ3) is 4.61. The van der Waals surface area contributed by atoms with Gasteiger partial charge in [0.1, 0.15) is 6.54 Å². The van der Waals surface area contributed by atoms with Gasteiger partial charge in [-0.1, -0.05) is 30.1 Å². The number of piperidine rings is 1. The van der Waals surface area contributed by atoms with E-state index in [-0.39, 0.29) is 24.4 Å². The molecule has 23 heavy (non-hydrogen) atoms. The number of carbonyl (C=O) groups is 2. The lowest BCUT2D eigenvalue weighted by Gasteiger charge is -2.36. The van der Waals surface area contributed by atoms with Gasteiger partial charge < -0.3 is 9.80 Å². The Labute approximate surface area is 147 Å². The lowest BCUT2D eigenvalue weighted by atomic mass is 10.00. The summed E-state index contributed by atoms with van der Waals surface area (Å²) < 4.78 is 0. The summed E-state index contributed by atoms with van der Waals surface area (Å²) in [5, 5.41) is 0.881. The second-order valence-corrected chi connectivity index (χ2v) is 6.75. The van der Waals surface area contributed by atoms with E-state index in [4.69, 9.17) is 23.2 Å². The van der Waals surface area contributed by atoms with Crippen LogP contribution in [0.1, 0.15) is 39.5 Å². The van der Waals surface area contributed by atoms with E-state index in [1.54, 1.807) is 18.2 Å². The maximum atomic E-state index is 12.7. The third-order valence-corrected chi connectivity index (χ3v) is 4.69. The van der Waals surface area contributed by atoms with Gasteiger partial charge in [-0.3, -0.25) is 9.59 Å². The van der Waals surface area contributed by atoms with Gasteiger partial charge in [-0.25, -0.2) is 0 Å². The fraction of sp³-hybridized carbons (Fsp3) is 0.529. The minimum atomic E-state index is -0.207. The minimum absolute atomic E-state index is 0.0164. The summed E-state index contributed by atoms with van der Waals surface area (Å²) in [5.74, 6) is -0.232. The zero-order valence-corrected chi connectivity index (χ0v) is 15.0. The van der Waals surface area contributed by atoms with Crippen LogP contribution in [-0.2, 0) is 9.59 Å². The van der Waals surface area contributed by atoms with Gasteiger partial charge in [0.15, 0.2) is 0 Å². The summed E-state index contributed by atoms with van der Waals surface area (Å²) in [5.41, 5.74) is 0.549. The SMILES string of the molecule is CCC1CCCCN1C(=O)CN(C(C)=O)c1cc(Cl)cc(Cl)c1. The molecule has 6 heteroatoms. The molecule has 0 N–H and O–H groups in total. The molecule has 1 saturated heterocycles. The Kier molecular flexibility index (Phi) is 6.31. The summed E-state index contributed by atoms with van der Waals surface area (Å²) in [6.07, 6.45) is 4.15. The van der Waals surface area contributed by atoms with Crippen molar-refractivity contribution in [3.63, 3.8) is 0 Å². The number of nitrogens with zero attached hydrogens (tertiary/aromatic N) is 2. The second kappa shape index (κ2) is 8.02. The molecule has 126 valence electrons. The van der Waals surface area contributed by atoms with Gasteiger partial charge in [0.2, 0.25) is 11.8 Å². The zero-order chi connectivity index (χ0) is 17.0. The molecule has 1 unspecified atom stereocenters. The Hall–Kier alpha value is -1.26. The highest BCUT2D eigenvalue weighted by Gasteiger charge is 2.27. The molecule has 0 radical (unpaired) electrons. The summed E-state index contributed by atoms with van der Waals surface area (Å²) in [6, 6.07) is 5.17. The summed E-state index contributed by atoms with van der Waals surface area (Å²) in [6.45, 7) is 4.31. The van der Waals surface area contributed by atoms with Gasteiger partial charge in [-0.2, -0.15) is 0 Å². The fourth-order valence-corrected chi connectivity index (χ4v) is 3.57. The Balaban J connectivity index is 2.18. The summed E-state index contributed by atoms with van der Waals surface area (Å²) in [7, 11) is 0. The van der Waals surface area contributed by atoms with Crippen LogP contribution in [0.5, 0.6) is 0 Å². The topological polar surface area (TPSA) is 40.6 Å². The van der Waals surface area contributed by atoms with Gasteiger partial charge >= 0.3 is 0 Å². The molecule has 2 rings (SSSR count). The van der Waals surface area contributed by atoms with E-state index in [2.05, 4.69) is 6.92 Å². The van der Waals surface area contributed by atoms with Crippen molar-refractivity contribution in [2.75, 3.05) is 18.0 Å². The average Bonchev–Trinajstić information content (AvgIpc) is 2.51. The molecule has 0 saturated carbocycles. The largest absolute Gasteiger partial charge is 0.338 e. The first-order chi connectivity index (χ1) is 10.9. The van der Waals surface area contributed by atoms with Gasteiger partial charge in [-0.15, -0.1) is 0 Å². The Morgan fingerprint density at radius 1 is 1.22 bits per heavy atom. The van der Waals surface area contributed by atoms with E-state index in [9.17, 15) is 9.59 Å². The van der Waals surface area contributed by atoms with Crippen molar-refractivity contribution >= 4 is 40.7 Å². The van der Waals surface area contributed by atoms with Crippen molar-refractivity contribution in [2.24, 2.45) is 0 Å². The zero-order valence-electron chi connectivity index (χ0n) is 13.5. The second-order valence-electron chi connectivity index (χ2n) is 5.88. The number of hydrogen-bond acceptors (Lipinski definition) is 2. The highest BCUT2D eigenvalue weighted by molar-refractivity contribution is 6.35. The lowest BCUT2D eigenvalue weighted by Crippen LogP contribution is -2.48. The molecule has 1 aliphatic heterocycles. The highest BCUT2D eigenvalue weighted by Crippen LogP contribution is 2.26. The minimum Gasteiger partial charge on any atom is -0.338 e. The smallest absolute Gasteiger partial charge is 0.242 e. The van der Waals surface area contributed by atoms with Crippen LogP contribution in [0, 0.1) is 0 Å². The number of hydrogen-bond donors (Lipinski definition) is 0. The lowest BCUT2D eigenvalue weighted by molar-refractivity contribution is -0.134. The first kappa shape index (κ1) is 18.1. The Morgan fingerprint density at radius 3 is 2.43 bits per heavy atom. The summed E-state index contributed by atoms with van der Waals surface area (Å²) in [4.78, 5) is 28.0. The van der Waals surface area contributed by atoms with Crippen molar-refractivity contribution in [2.45, 2.75) is 45.6 Å². The Bertz CT molecular complexity index is 572. The Morgan fingerprint density at radius 2 is 1.87 bits per heavy atom. The number of carbonyl (C=O) groups excluding carboxylic acids is 2. The number of anilines is 1. The van der Waals surface area contributed by atoms with Gasteiger partial charge in [-0.05, 0) is 43.9 Å². The average molecular weight is 357 g/mol. The van der Waals surface area contributed by atoms with Gasteiger partial charge in [0.25, 0.3) is 0 Å². The molecule has 0 aliphatic carbocycles. The van der Waals surface area contributed by atoms with Crippen molar-refractivity contribution < 1.29 is 9.59 Å². The van der Waals surface area contributed by atoms with E-state index < -0.39 is 0 Å².